The number of nitrogens with zero attached hydrogens (tertiary/aromatic N) is 4. The van der Waals surface area contributed by atoms with Gasteiger partial charge in [-0.15, -0.1) is 10.2 Å². The second kappa shape index (κ2) is 5.87. The molecule has 0 N–H and O–H groups in total. The fraction of sp³-hybridized carbons (Fsp3) is 0.800. The number of hydrogen-bond acceptors (Lipinski definition) is 6. The van der Waals surface area contributed by atoms with Gasteiger partial charge in [-0.05, 0) is 19.4 Å². The maximum absolute atomic E-state index is 11.7. The number of carbonyl (C=O) groups excluding carboxylic acids is 1. The van der Waals surface area contributed by atoms with Gasteiger partial charge >= 0.3 is 6.09 Å². The lowest BCUT2D eigenvalue weighted by atomic mass is 9.95. The summed E-state index contributed by atoms with van der Waals surface area (Å²) in [6.45, 7) is 7.27. The topological polar surface area (TPSA) is 71.7 Å². The Morgan fingerprint density at radius 2 is 2.09 bits per heavy atom. The zero-order chi connectivity index (χ0) is 15.7. The third-order valence-corrected chi connectivity index (χ3v) is 4.47. The molecule has 1 aromatic heterocycles. The monoisotopic (exact) mass is 308 g/mol. The van der Waals surface area contributed by atoms with Gasteiger partial charge in [0.05, 0.1) is 13.1 Å². The summed E-state index contributed by atoms with van der Waals surface area (Å²) in [6.07, 6.45) is 2.58. The minimum absolute atomic E-state index is 0.202. The minimum Gasteiger partial charge on any atom is -0.441 e. The van der Waals surface area contributed by atoms with Crippen molar-refractivity contribution in [2.45, 2.75) is 51.2 Å². The average molecular weight is 308 g/mol. The number of amides is 1. The van der Waals surface area contributed by atoms with Crippen LogP contribution in [0.4, 0.5) is 4.79 Å². The predicted molar refractivity (Wildman–Crippen MR) is 79.4 cm³/mol. The number of hydrogen-bond donors (Lipinski definition) is 0. The molecule has 0 aromatic carbocycles. The van der Waals surface area contributed by atoms with Gasteiger partial charge < -0.3 is 14.1 Å². The molecule has 3 heterocycles. The molecule has 1 atom stereocenters. The molecule has 2 saturated heterocycles. The molecule has 22 heavy (non-hydrogen) atoms. The van der Waals surface area contributed by atoms with Crippen molar-refractivity contribution in [3.8, 4) is 0 Å². The maximum Gasteiger partial charge on any atom is 0.410 e. The molecule has 7 heteroatoms. The van der Waals surface area contributed by atoms with E-state index in [1.807, 2.05) is 13.8 Å². The molecule has 1 spiro atoms. The summed E-state index contributed by atoms with van der Waals surface area (Å²) < 4.78 is 11.3. The summed E-state index contributed by atoms with van der Waals surface area (Å²) in [6, 6.07) is 0. The highest BCUT2D eigenvalue weighted by molar-refractivity contribution is 5.70. The van der Waals surface area contributed by atoms with Crippen LogP contribution < -0.4 is 0 Å². The fourth-order valence-electron chi connectivity index (χ4n) is 3.19. The third-order valence-electron chi connectivity index (χ3n) is 4.47. The number of likely N-dealkylation sites (tertiary alicyclic amines) is 1. The van der Waals surface area contributed by atoms with Crippen LogP contribution in [0.1, 0.15) is 50.8 Å². The van der Waals surface area contributed by atoms with Gasteiger partial charge in [-0.2, -0.15) is 0 Å². The van der Waals surface area contributed by atoms with Crippen LogP contribution in [0, 0.1) is 0 Å². The number of likely N-dealkylation sites (N-methyl/N-ethyl adjacent to an activating group) is 1. The van der Waals surface area contributed by atoms with Crippen LogP contribution in [0.25, 0.3) is 0 Å². The highest BCUT2D eigenvalue weighted by atomic mass is 16.6. The first-order valence-corrected chi connectivity index (χ1v) is 7.96. The standard InChI is InChI=1S/C15H24N4O3/c1-11(2)13-17-16-12(21-13)9-19-7-4-5-15(6-8-19)10-18(3)14(20)22-15/h11H,4-10H2,1-3H3. The van der Waals surface area contributed by atoms with E-state index >= 15 is 0 Å². The summed E-state index contributed by atoms with van der Waals surface area (Å²) in [4.78, 5) is 15.6. The number of ether oxygens (including phenoxy) is 1. The quantitative estimate of drug-likeness (QED) is 0.850. The molecular formula is C15H24N4O3. The predicted octanol–water partition coefficient (Wildman–Crippen LogP) is 2.00. The Morgan fingerprint density at radius 3 is 2.73 bits per heavy atom. The van der Waals surface area contributed by atoms with Gasteiger partial charge in [0.2, 0.25) is 11.8 Å². The van der Waals surface area contributed by atoms with E-state index in [0.29, 0.717) is 24.9 Å². The van der Waals surface area contributed by atoms with Gasteiger partial charge in [0.15, 0.2) is 0 Å². The van der Waals surface area contributed by atoms with Gasteiger partial charge in [-0.1, -0.05) is 13.8 Å². The lowest BCUT2D eigenvalue weighted by molar-refractivity contribution is 0.0440. The molecule has 0 saturated carbocycles. The fourth-order valence-corrected chi connectivity index (χ4v) is 3.19. The molecule has 7 nitrogen and oxygen atoms in total. The molecule has 1 aromatic rings. The summed E-state index contributed by atoms with van der Waals surface area (Å²) >= 11 is 0. The van der Waals surface area contributed by atoms with Crippen LogP contribution in [-0.2, 0) is 11.3 Å². The Hall–Kier alpha value is -1.63. The van der Waals surface area contributed by atoms with E-state index in [9.17, 15) is 4.79 Å². The van der Waals surface area contributed by atoms with Crippen molar-refractivity contribution < 1.29 is 13.9 Å². The zero-order valence-corrected chi connectivity index (χ0v) is 13.5. The number of rotatable bonds is 3. The Bertz CT molecular complexity index is 545. The summed E-state index contributed by atoms with van der Waals surface area (Å²) in [7, 11) is 1.80. The zero-order valence-electron chi connectivity index (χ0n) is 13.5. The van der Waals surface area contributed by atoms with E-state index in [-0.39, 0.29) is 17.6 Å². The normalized spacial score (nSPS) is 26.7. The first kappa shape index (κ1) is 15.3. The molecule has 0 radical (unpaired) electrons. The van der Waals surface area contributed by atoms with E-state index in [4.69, 9.17) is 9.15 Å². The Labute approximate surface area is 130 Å². The van der Waals surface area contributed by atoms with Gasteiger partial charge in [0.25, 0.3) is 0 Å². The number of carbonyl (C=O) groups is 1. The average Bonchev–Trinajstić information content (AvgIpc) is 2.96. The van der Waals surface area contributed by atoms with E-state index in [2.05, 4.69) is 15.1 Å². The maximum atomic E-state index is 11.7. The molecular weight excluding hydrogens is 284 g/mol. The molecule has 2 fully saturated rings. The number of aromatic nitrogens is 2. The van der Waals surface area contributed by atoms with Crippen molar-refractivity contribution in [1.29, 1.82) is 0 Å². The molecule has 0 aliphatic carbocycles. The van der Waals surface area contributed by atoms with Crippen LogP contribution >= 0.6 is 0 Å². The molecule has 3 rings (SSSR count). The first-order valence-electron chi connectivity index (χ1n) is 7.96. The van der Waals surface area contributed by atoms with Crippen molar-refractivity contribution in [1.82, 2.24) is 20.0 Å². The van der Waals surface area contributed by atoms with Crippen molar-refractivity contribution in [3.05, 3.63) is 11.8 Å². The third kappa shape index (κ3) is 3.09. The highest BCUT2D eigenvalue weighted by Gasteiger charge is 2.44. The SMILES string of the molecule is CC(C)c1nnc(CN2CCCC3(CC2)CN(C)C(=O)O3)o1. The lowest BCUT2D eigenvalue weighted by Crippen LogP contribution is -2.35. The summed E-state index contributed by atoms with van der Waals surface area (Å²) in [5.74, 6) is 1.61. The molecule has 0 bridgehead atoms. The van der Waals surface area contributed by atoms with Crippen LogP contribution in [-0.4, -0.2) is 58.4 Å². The van der Waals surface area contributed by atoms with Crippen molar-refractivity contribution in [3.63, 3.8) is 0 Å². The lowest BCUT2D eigenvalue weighted by Gasteiger charge is -2.25. The van der Waals surface area contributed by atoms with Gasteiger partial charge in [-0.3, -0.25) is 4.90 Å². The summed E-state index contributed by atoms with van der Waals surface area (Å²) in [5, 5.41) is 8.20. The van der Waals surface area contributed by atoms with E-state index < -0.39 is 0 Å². The van der Waals surface area contributed by atoms with Crippen molar-refractivity contribution in [2.75, 3.05) is 26.7 Å². The second-order valence-corrected chi connectivity index (χ2v) is 6.73. The van der Waals surface area contributed by atoms with E-state index in [0.717, 1.165) is 32.4 Å². The van der Waals surface area contributed by atoms with Gasteiger partial charge in [0.1, 0.15) is 5.60 Å². The molecule has 122 valence electrons. The van der Waals surface area contributed by atoms with E-state index in [1.165, 1.54) is 0 Å². The smallest absolute Gasteiger partial charge is 0.410 e. The van der Waals surface area contributed by atoms with Crippen LogP contribution in [0.2, 0.25) is 0 Å². The Kier molecular flexibility index (Phi) is 4.08. The van der Waals surface area contributed by atoms with Crippen molar-refractivity contribution >= 4 is 6.09 Å². The van der Waals surface area contributed by atoms with Crippen LogP contribution in [0.15, 0.2) is 4.42 Å². The van der Waals surface area contributed by atoms with Crippen LogP contribution in [0.5, 0.6) is 0 Å². The largest absolute Gasteiger partial charge is 0.441 e. The first-order chi connectivity index (χ1) is 10.5. The van der Waals surface area contributed by atoms with Gasteiger partial charge in [-0.25, -0.2) is 4.79 Å². The Morgan fingerprint density at radius 1 is 1.27 bits per heavy atom. The Balaban J connectivity index is 1.59. The highest BCUT2D eigenvalue weighted by Crippen LogP contribution is 2.32. The van der Waals surface area contributed by atoms with E-state index in [1.54, 1.807) is 11.9 Å². The summed E-state index contributed by atoms with van der Waals surface area (Å²) in [5.41, 5.74) is -0.307. The van der Waals surface area contributed by atoms with Crippen LogP contribution in [0.3, 0.4) is 0 Å². The molecule has 1 amide bonds. The second-order valence-electron chi connectivity index (χ2n) is 6.73. The molecule has 1 unspecified atom stereocenters. The van der Waals surface area contributed by atoms with Gasteiger partial charge in [0, 0.05) is 25.9 Å². The van der Waals surface area contributed by atoms with Crippen molar-refractivity contribution in [2.24, 2.45) is 0 Å². The minimum atomic E-state index is -0.307. The molecule has 2 aliphatic heterocycles. The molecule has 2 aliphatic rings.